The zero-order valence-electron chi connectivity index (χ0n) is 12.2. The Morgan fingerprint density at radius 2 is 1.87 bits per heavy atom. The highest BCUT2D eigenvalue weighted by molar-refractivity contribution is 7.89. The van der Waals surface area contributed by atoms with Crippen molar-refractivity contribution in [2.45, 2.75) is 4.90 Å². The van der Waals surface area contributed by atoms with Crippen LogP contribution in [0.2, 0.25) is 0 Å². The minimum atomic E-state index is -3.73. The van der Waals surface area contributed by atoms with E-state index < -0.39 is 10.0 Å². The van der Waals surface area contributed by atoms with Crippen LogP contribution in [0.3, 0.4) is 0 Å². The molecular formula is C15H14N2O5S. The van der Waals surface area contributed by atoms with Gasteiger partial charge in [0.2, 0.25) is 6.79 Å². The van der Waals surface area contributed by atoms with Gasteiger partial charge in [0.25, 0.3) is 10.0 Å². The summed E-state index contributed by atoms with van der Waals surface area (Å²) < 4.78 is 39.6. The molecule has 0 saturated heterocycles. The lowest BCUT2D eigenvalue weighted by molar-refractivity contribution is 0.174. The van der Waals surface area contributed by atoms with Crippen molar-refractivity contribution in [3.8, 4) is 17.2 Å². The number of rotatable bonds is 5. The molecule has 8 heteroatoms. The summed E-state index contributed by atoms with van der Waals surface area (Å²) >= 11 is 0. The minimum Gasteiger partial charge on any atom is -0.497 e. The van der Waals surface area contributed by atoms with E-state index in [0.717, 1.165) is 0 Å². The third-order valence-corrected chi connectivity index (χ3v) is 4.39. The van der Waals surface area contributed by atoms with E-state index in [2.05, 4.69) is 9.93 Å². The fourth-order valence-electron chi connectivity index (χ4n) is 1.97. The maximum absolute atomic E-state index is 12.1. The highest BCUT2D eigenvalue weighted by Crippen LogP contribution is 2.31. The predicted octanol–water partition coefficient (Wildman–Crippen LogP) is 1.74. The molecule has 2 aromatic carbocycles. The second kappa shape index (κ2) is 6.17. The van der Waals surface area contributed by atoms with Crippen LogP contribution in [0.5, 0.6) is 17.2 Å². The van der Waals surface area contributed by atoms with E-state index in [-0.39, 0.29) is 11.7 Å². The van der Waals surface area contributed by atoms with E-state index in [1.165, 1.54) is 25.5 Å². The van der Waals surface area contributed by atoms with Gasteiger partial charge in [0, 0.05) is 0 Å². The fraction of sp³-hybridized carbons (Fsp3) is 0.133. The van der Waals surface area contributed by atoms with Crippen molar-refractivity contribution in [3.05, 3.63) is 48.0 Å². The van der Waals surface area contributed by atoms with Crippen molar-refractivity contribution in [1.29, 1.82) is 0 Å². The van der Waals surface area contributed by atoms with Crippen LogP contribution in [0.25, 0.3) is 0 Å². The molecule has 0 fully saturated rings. The number of sulfonamides is 1. The predicted molar refractivity (Wildman–Crippen MR) is 83.5 cm³/mol. The molecular weight excluding hydrogens is 320 g/mol. The molecule has 0 bridgehead atoms. The highest BCUT2D eigenvalue weighted by atomic mass is 32.2. The molecule has 0 unspecified atom stereocenters. The zero-order chi connectivity index (χ0) is 16.3. The molecule has 0 aliphatic carbocycles. The number of hydrogen-bond donors (Lipinski definition) is 1. The zero-order valence-corrected chi connectivity index (χ0v) is 13.0. The van der Waals surface area contributed by atoms with Gasteiger partial charge in [0.1, 0.15) is 5.75 Å². The average molecular weight is 334 g/mol. The molecule has 0 spiro atoms. The van der Waals surface area contributed by atoms with Crippen LogP contribution in [0.1, 0.15) is 5.56 Å². The van der Waals surface area contributed by atoms with Crippen molar-refractivity contribution < 1.29 is 22.6 Å². The SMILES string of the molecule is COc1ccc(S(=O)(=O)N/N=C/c2ccc3c(c2)OCO3)cc1. The molecule has 23 heavy (non-hydrogen) atoms. The molecule has 120 valence electrons. The quantitative estimate of drug-likeness (QED) is 0.665. The number of hydrogen-bond acceptors (Lipinski definition) is 6. The Labute approximate surface area is 133 Å². The van der Waals surface area contributed by atoms with Crippen LogP contribution >= 0.6 is 0 Å². The average Bonchev–Trinajstić information content (AvgIpc) is 3.02. The lowest BCUT2D eigenvalue weighted by Crippen LogP contribution is -2.18. The third kappa shape index (κ3) is 3.37. The van der Waals surface area contributed by atoms with Crippen LogP contribution in [-0.4, -0.2) is 28.5 Å². The van der Waals surface area contributed by atoms with Gasteiger partial charge in [0.05, 0.1) is 18.2 Å². The first-order valence-electron chi connectivity index (χ1n) is 6.67. The lowest BCUT2D eigenvalue weighted by Gasteiger charge is -2.04. The van der Waals surface area contributed by atoms with Crippen LogP contribution in [0.15, 0.2) is 52.5 Å². The molecule has 0 atom stereocenters. The van der Waals surface area contributed by atoms with Gasteiger partial charge in [-0.25, -0.2) is 4.83 Å². The van der Waals surface area contributed by atoms with E-state index in [4.69, 9.17) is 14.2 Å². The van der Waals surface area contributed by atoms with E-state index >= 15 is 0 Å². The molecule has 1 aliphatic rings. The van der Waals surface area contributed by atoms with Gasteiger partial charge in [-0.2, -0.15) is 13.5 Å². The molecule has 1 N–H and O–H groups in total. The maximum Gasteiger partial charge on any atom is 0.276 e. The Morgan fingerprint density at radius 3 is 2.61 bits per heavy atom. The van der Waals surface area contributed by atoms with Gasteiger partial charge < -0.3 is 14.2 Å². The molecule has 0 amide bonds. The van der Waals surface area contributed by atoms with Crippen LogP contribution in [-0.2, 0) is 10.0 Å². The van der Waals surface area contributed by atoms with Crippen molar-refractivity contribution in [2.24, 2.45) is 5.10 Å². The summed E-state index contributed by atoms with van der Waals surface area (Å²) in [5, 5.41) is 3.77. The van der Waals surface area contributed by atoms with Gasteiger partial charge >= 0.3 is 0 Å². The molecule has 0 aromatic heterocycles. The number of hydrazone groups is 1. The number of fused-ring (bicyclic) bond motifs is 1. The van der Waals surface area contributed by atoms with Gasteiger partial charge in [0.15, 0.2) is 11.5 Å². The fourth-order valence-corrected chi connectivity index (χ4v) is 2.76. The highest BCUT2D eigenvalue weighted by Gasteiger charge is 2.14. The molecule has 0 saturated carbocycles. The summed E-state index contributed by atoms with van der Waals surface area (Å²) in [4.78, 5) is 2.26. The van der Waals surface area contributed by atoms with Crippen molar-refractivity contribution in [3.63, 3.8) is 0 Å². The first-order chi connectivity index (χ1) is 11.1. The van der Waals surface area contributed by atoms with Gasteiger partial charge in [-0.3, -0.25) is 0 Å². The second-order valence-corrected chi connectivity index (χ2v) is 6.30. The normalized spacial score (nSPS) is 13.3. The molecule has 1 heterocycles. The van der Waals surface area contributed by atoms with E-state index in [1.807, 2.05) is 0 Å². The number of ether oxygens (including phenoxy) is 3. The molecule has 2 aromatic rings. The van der Waals surface area contributed by atoms with Crippen molar-refractivity contribution in [2.75, 3.05) is 13.9 Å². The smallest absolute Gasteiger partial charge is 0.276 e. The van der Waals surface area contributed by atoms with Gasteiger partial charge in [-0.05, 0) is 48.0 Å². The summed E-state index contributed by atoms with van der Waals surface area (Å²) in [6.45, 7) is 0.181. The summed E-state index contributed by atoms with van der Waals surface area (Å²) in [7, 11) is -2.21. The second-order valence-electron chi connectivity index (χ2n) is 4.64. The first kappa shape index (κ1) is 15.2. The Hall–Kier alpha value is -2.74. The number of nitrogens with one attached hydrogen (secondary N) is 1. The van der Waals surface area contributed by atoms with Crippen molar-refractivity contribution >= 4 is 16.2 Å². The standard InChI is InChI=1S/C15H14N2O5S/c1-20-12-3-5-13(6-4-12)23(18,19)17-16-9-11-2-7-14-15(8-11)22-10-21-14/h2-9,17H,10H2,1H3/b16-9+. The van der Waals surface area contributed by atoms with Gasteiger partial charge in [-0.1, -0.05) is 0 Å². The molecule has 7 nitrogen and oxygen atoms in total. The van der Waals surface area contributed by atoms with E-state index in [0.29, 0.717) is 22.8 Å². The van der Waals surface area contributed by atoms with Crippen LogP contribution in [0.4, 0.5) is 0 Å². The Kier molecular flexibility index (Phi) is 4.07. The lowest BCUT2D eigenvalue weighted by atomic mass is 10.2. The van der Waals surface area contributed by atoms with Crippen LogP contribution in [0, 0.1) is 0 Å². The van der Waals surface area contributed by atoms with E-state index in [1.54, 1.807) is 30.3 Å². The van der Waals surface area contributed by atoms with Gasteiger partial charge in [-0.15, -0.1) is 0 Å². The largest absolute Gasteiger partial charge is 0.497 e. The maximum atomic E-state index is 12.1. The topological polar surface area (TPSA) is 86.2 Å². The van der Waals surface area contributed by atoms with Crippen molar-refractivity contribution in [1.82, 2.24) is 4.83 Å². The third-order valence-electron chi connectivity index (χ3n) is 3.15. The van der Waals surface area contributed by atoms with E-state index in [9.17, 15) is 8.42 Å². The van der Waals surface area contributed by atoms with Crippen LogP contribution < -0.4 is 19.0 Å². The number of nitrogens with zero attached hydrogens (tertiary/aromatic N) is 1. The summed E-state index contributed by atoms with van der Waals surface area (Å²) in [5.74, 6) is 1.83. The molecule has 0 radical (unpaired) electrons. The minimum absolute atomic E-state index is 0.0983. The summed E-state index contributed by atoms with van der Waals surface area (Å²) in [5.41, 5.74) is 0.687. The first-order valence-corrected chi connectivity index (χ1v) is 8.15. The number of benzene rings is 2. The molecule has 1 aliphatic heterocycles. The number of methoxy groups -OCH3 is 1. The summed E-state index contributed by atoms with van der Waals surface area (Å²) in [6, 6.07) is 11.2. The molecule has 3 rings (SSSR count). The summed E-state index contributed by atoms with van der Waals surface area (Å²) in [6.07, 6.45) is 1.39. The monoisotopic (exact) mass is 334 g/mol. The Bertz CT molecular complexity index is 831. The Morgan fingerprint density at radius 1 is 1.13 bits per heavy atom. The Balaban J connectivity index is 1.70.